The van der Waals surface area contributed by atoms with Gasteiger partial charge in [-0.05, 0) is 57.0 Å². The topological polar surface area (TPSA) is 63.7 Å². The van der Waals surface area contributed by atoms with E-state index in [9.17, 15) is 8.78 Å². The summed E-state index contributed by atoms with van der Waals surface area (Å²) in [6.07, 6.45) is 1.82. The molecule has 1 aliphatic carbocycles. The van der Waals surface area contributed by atoms with E-state index in [4.69, 9.17) is 33.2 Å². The van der Waals surface area contributed by atoms with Crippen LogP contribution in [-0.4, -0.2) is 14.8 Å². The third-order valence-electron chi connectivity index (χ3n) is 4.81. The van der Waals surface area contributed by atoms with Crippen molar-refractivity contribution in [1.82, 2.24) is 14.8 Å². The highest BCUT2D eigenvalue weighted by Gasteiger charge is 2.38. The van der Waals surface area contributed by atoms with Gasteiger partial charge in [0.1, 0.15) is 0 Å². The van der Waals surface area contributed by atoms with E-state index in [0.29, 0.717) is 27.8 Å². The number of ether oxygens (including phenoxy) is 1. The maximum Gasteiger partial charge on any atom is 0.192 e. The Balaban J connectivity index is 1.78. The second-order valence-electron chi connectivity index (χ2n) is 7.57. The van der Waals surface area contributed by atoms with Gasteiger partial charge in [-0.3, -0.25) is 0 Å². The molecule has 2 aromatic carbocycles. The number of halogens is 4. The van der Waals surface area contributed by atoms with Gasteiger partial charge in [-0.2, -0.15) is 5.26 Å². The average Bonchev–Trinajstić information content (AvgIpc) is 3.42. The highest BCUT2D eigenvalue weighted by molar-refractivity contribution is 6.33. The fourth-order valence-corrected chi connectivity index (χ4v) is 3.71. The van der Waals surface area contributed by atoms with Gasteiger partial charge in [0.25, 0.3) is 0 Å². The molecular weight excluding hydrogens is 433 g/mol. The number of benzene rings is 2. The molecule has 30 heavy (non-hydrogen) atoms. The van der Waals surface area contributed by atoms with Crippen molar-refractivity contribution in [3.63, 3.8) is 0 Å². The maximum atomic E-state index is 14.3. The molecule has 1 saturated carbocycles. The van der Waals surface area contributed by atoms with Crippen LogP contribution in [0, 0.1) is 23.0 Å². The Morgan fingerprint density at radius 2 is 1.80 bits per heavy atom. The minimum Gasteiger partial charge on any atom is -0.474 e. The van der Waals surface area contributed by atoms with Crippen LogP contribution < -0.4 is 4.74 Å². The maximum absolute atomic E-state index is 14.3. The quantitative estimate of drug-likeness (QED) is 0.476. The summed E-state index contributed by atoms with van der Waals surface area (Å²) in [6, 6.07) is 9.06. The first-order valence-electron chi connectivity index (χ1n) is 9.20. The summed E-state index contributed by atoms with van der Waals surface area (Å²) in [5.74, 6) is -1.42. The Bertz CT molecular complexity index is 1160. The standard InChI is InChI=1S/C21H16Cl2F2N4O/c1-21(2,30-18-16(24)8-12(22)9-17(18)25)20-28-27-19(29(20)13-4-5-13)14-6-3-11(10-26)7-15(14)23/h3,6-9,13H,4-5H2,1-2H3. The van der Waals surface area contributed by atoms with Crippen molar-refractivity contribution in [3.05, 3.63) is 63.4 Å². The third kappa shape index (κ3) is 3.73. The molecule has 154 valence electrons. The Labute approximate surface area is 181 Å². The van der Waals surface area contributed by atoms with Gasteiger partial charge < -0.3 is 9.30 Å². The molecule has 0 atom stereocenters. The summed E-state index contributed by atoms with van der Waals surface area (Å²) >= 11 is 12.1. The normalized spacial score (nSPS) is 13.9. The molecule has 1 heterocycles. The lowest BCUT2D eigenvalue weighted by molar-refractivity contribution is 0.0825. The first-order chi connectivity index (χ1) is 14.2. The highest BCUT2D eigenvalue weighted by Crippen LogP contribution is 2.43. The fraction of sp³-hybridized carbons (Fsp3) is 0.286. The minimum absolute atomic E-state index is 0.0611. The Hall–Kier alpha value is -2.69. The second kappa shape index (κ2) is 7.53. The fourth-order valence-electron chi connectivity index (χ4n) is 3.26. The van der Waals surface area contributed by atoms with E-state index < -0.39 is 23.0 Å². The number of hydrogen-bond donors (Lipinski definition) is 0. The lowest BCUT2D eigenvalue weighted by Gasteiger charge is -2.27. The third-order valence-corrected chi connectivity index (χ3v) is 5.34. The zero-order valence-corrected chi connectivity index (χ0v) is 17.6. The van der Waals surface area contributed by atoms with Crippen LogP contribution in [-0.2, 0) is 5.60 Å². The molecule has 0 N–H and O–H groups in total. The van der Waals surface area contributed by atoms with Crippen LogP contribution in [0.5, 0.6) is 5.75 Å². The van der Waals surface area contributed by atoms with E-state index in [1.807, 2.05) is 10.6 Å². The SMILES string of the molecule is CC(C)(Oc1c(F)cc(Cl)cc1F)c1nnc(-c2ccc(C#N)cc2Cl)n1C1CC1. The van der Waals surface area contributed by atoms with Crippen molar-refractivity contribution in [1.29, 1.82) is 5.26 Å². The first kappa shape index (κ1) is 20.6. The molecule has 0 bridgehead atoms. The van der Waals surface area contributed by atoms with Gasteiger partial charge >= 0.3 is 0 Å². The van der Waals surface area contributed by atoms with Gasteiger partial charge in [-0.25, -0.2) is 8.78 Å². The number of rotatable bonds is 5. The van der Waals surface area contributed by atoms with Gasteiger partial charge in [0.2, 0.25) is 0 Å². The largest absolute Gasteiger partial charge is 0.474 e. The van der Waals surface area contributed by atoms with Crippen LogP contribution in [0.1, 0.15) is 44.1 Å². The second-order valence-corrected chi connectivity index (χ2v) is 8.41. The van der Waals surface area contributed by atoms with Crippen LogP contribution in [0.4, 0.5) is 8.78 Å². The summed E-state index contributed by atoms with van der Waals surface area (Å²) in [4.78, 5) is 0. The molecule has 0 saturated heterocycles. The number of nitrogens with zero attached hydrogens (tertiary/aromatic N) is 4. The molecule has 5 nitrogen and oxygen atoms in total. The van der Waals surface area contributed by atoms with Crippen molar-refractivity contribution < 1.29 is 13.5 Å². The molecule has 4 rings (SSSR count). The van der Waals surface area contributed by atoms with Crippen molar-refractivity contribution >= 4 is 23.2 Å². The summed E-state index contributed by atoms with van der Waals surface area (Å²) in [6.45, 7) is 3.32. The van der Waals surface area contributed by atoms with Gasteiger partial charge in [0.15, 0.2) is 34.6 Å². The van der Waals surface area contributed by atoms with Crippen molar-refractivity contribution in [2.75, 3.05) is 0 Å². The number of hydrogen-bond acceptors (Lipinski definition) is 4. The summed E-state index contributed by atoms with van der Waals surface area (Å²) in [7, 11) is 0. The monoisotopic (exact) mass is 448 g/mol. The Morgan fingerprint density at radius 1 is 1.13 bits per heavy atom. The minimum atomic E-state index is -1.21. The number of aromatic nitrogens is 3. The van der Waals surface area contributed by atoms with Crippen LogP contribution in [0.2, 0.25) is 10.0 Å². The molecule has 0 unspecified atom stereocenters. The predicted octanol–water partition coefficient (Wildman–Crippen LogP) is 6.05. The molecular formula is C21H16Cl2F2N4O. The summed E-state index contributed by atoms with van der Waals surface area (Å²) < 4.78 is 36.2. The molecule has 3 aromatic rings. The lowest BCUT2D eigenvalue weighted by atomic mass is 10.1. The van der Waals surface area contributed by atoms with Gasteiger partial charge in [-0.1, -0.05) is 23.2 Å². The van der Waals surface area contributed by atoms with E-state index in [0.717, 1.165) is 25.0 Å². The van der Waals surface area contributed by atoms with E-state index in [2.05, 4.69) is 10.2 Å². The smallest absolute Gasteiger partial charge is 0.192 e. The molecule has 1 fully saturated rings. The van der Waals surface area contributed by atoms with Crippen LogP contribution in [0.15, 0.2) is 30.3 Å². The van der Waals surface area contributed by atoms with Crippen molar-refractivity contribution in [2.45, 2.75) is 38.3 Å². The highest BCUT2D eigenvalue weighted by atomic mass is 35.5. The van der Waals surface area contributed by atoms with Gasteiger partial charge in [0, 0.05) is 16.6 Å². The van der Waals surface area contributed by atoms with E-state index >= 15 is 0 Å². The first-order valence-corrected chi connectivity index (χ1v) is 9.96. The predicted molar refractivity (Wildman–Crippen MR) is 108 cm³/mol. The molecule has 0 amide bonds. The van der Waals surface area contributed by atoms with Crippen molar-refractivity contribution in [3.8, 4) is 23.2 Å². The summed E-state index contributed by atoms with van der Waals surface area (Å²) in [5.41, 5.74) is -0.164. The molecule has 0 aliphatic heterocycles. The zero-order chi connectivity index (χ0) is 21.6. The lowest BCUT2D eigenvalue weighted by Crippen LogP contribution is -2.30. The van der Waals surface area contributed by atoms with E-state index in [-0.39, 0.29) is 11.1 Å². The Kier molecular flexibility index (Phi) is 5.16. The average molecular weight is 449 g/mol. The van der Waals surface area contributed by atoms with Crippen molar-refractivity contribution in [2.24, 2.45) is 0 Å². The molecule has 0 spiro atoms. The van der Waals surface area contributed by atoms with Crippen LogP contribution in [0.25, 0.3) is 11.4 Å². The van der Waals surface area contributed by atoms with E-state index in [1.165, 1.54) is 0 Å². The molecule has 1 aliphatic rings. The van der Waals surface area contributed by atoms with Crippen LogP contribution >= 0.6 is 23.2 Å². The Morgan fingerprint density at radius 3 is 2.37 bits per heavy atom. The van der Waals surface area contributed by atoms with Crippen LogP contribution in [0.3, 0.4) is 0 Å². The molecule has 0 radical (unpaired) electrons. The summed E-state index contributed by atoms with van der Waals surface area (Å²) in [5, 5.41) is 17.9. The zero-order valence-electron chi connectivity index (χ0n) is 16.1. The van der Waals surface area contributed by atoms with Gasteiger partial charge in [0.05, 0.1) is 16.7 Å². The van der Waals surface area contributed by atoms with E-state index in [1.54, 1.807) is 32.0 Å². The molecule has 1 aromatic heterocycles. The number of nitriles is 1. The van der Waals surface area contributed by atoms with Gasteiger partial charge in [-0.15, -0.1) is 10.2 Å². The molecule has 9 heteroatoms.